The van der Waals surface area contributed by atoms with E-state index in [4.69, 9.17) is 0 Å². The lowest BCUT2D eigenvalue weighted by Gasteiger charge is -2.13. The first-order chi connectivity index (χ1) is 10.1. The quantitative estimate of drug-likeness (QED) is 0.537. The average Bonchev–Trinajstić information content (AvgIpc) is 2.53. The molecular formula is C20H39F. The summed E-state index contributed by atoms with van der Waals surface area (Å²) in [4.78, 5) is 0. The van der Waals surface area contributed by atoms with Crippen LogP contribution in [0.15, 0.2) is 18.2 Å². The van der Waals surface area contributed by atoms with E-state index in [1.165, 1.54) is 6.42 Å². The van der Waals surface area contributed by atoms with Crippen molar-refractivity contribution < 1.29 is 4.39 Å². The summed E-state index contributed by atoms with van der Waals surface area (Å²) in [7, 11) is 0. The third kappa shape index (κ3) is 12.6. The lowest BCUT2D eigenvalue weighted by atomic mass is 9.93. The normalized spacial score (nSPS) is 8.71. The maximum Gasteiger partial charge on any atom is 0.129 e. The van der Waals surface area contributed by atoms with E-state index in [0.717, 1.165) is 30.4 Å². The largest absolute Gasteiger partial charge is 0.206 e. The molecule has 0 atom stereocenters. The predicted octanol–water partition coefficient (Wildman–Crippen LogP) is 7.58. The van der Waals surface area contributed by atoms with Crippen LogP contribution in [0.1, 0.15) is 85.8 Å². The van der Waals surface area contributed by atoms with Gasteiger partial charge in [0.05, 0.1) is 0 Å². The van der Waals surface area contributed by atoms with Crippen LogP contribution in [0, 0.1) is 18.7 Å². The van der Waals surface area contributed by atoms with Gasteiger partial charge in [0.1, 0.15) is 5.82 Å². The van der Waals surface area contributed by atoms with Crippen molar-refractivity contribution in [1.29, 1.82) is 0 Å². The van der Waals surface area contributed by atoms with Crippen LogP contribution in [0.5, 0.6) is 0 Å². The van der Waals surface area contributed by atoms with Crippen molar-refractivity contribution in [2.75, 3.05) is 0 Å². The zero-order chi connectivity index (χ0) is 17.3. The van der Waals surface area contributed by atoms with E-state index in [1.54, 1.807) is 0 Å². The first-order valence-electron chi connectivity index (χ1n) is 8.84. The van der Waals surface area contributed by atoms with Crippen molar-refractivity contribution in [1.82, 2.24) is 0 Å². The standard InChI is InChI=1S/C13H19F.C3H8.2C2H6/c1-4-11(5-2)9-12-8-6-7-10(3)13(12)14;1-3-2;2*1-2/h6-8,11H,4-5,9H2,1-3H3;3H2,1-2H3;2*1-2H3. The molecule has 1 aromatic carbocycles. The molecular weight excluding hydrogens is 259 g/mol. The minimum absolute atomic E-state index is 0.0144. The highest BCUT2D eigenvalue weighted by atomic mass is 19.1. The van der Waals surface area contributed by atoms with Crippen LogP contribution in [0.3, 0.4) is 0 Å². The van der Waals surface area contributed by atoms with Gasteiger partial charge in [-0.1, -0.05) is 92.9 Å². The van der Waals surface area contributed by atoms with Crippen molar-refractivity contribution in [3.05, 3.63) is 35.1 Å². The van der Waals surface area contributed by atoms with Crippen molar-refractivity contribution in [3.63, 3.8) is 0 Å². The molecule has 0 aliphatic carbocycles. The lowest BCUT2D eigenvalue weighted by Crippen LogP contribution is -2.04. The Kier molecular flexibility index (Phi) is 22.9. The maximum atomic E-state index is 13.6. The summed E-state index contributed by atoms with van der Waals surface area (Å²) >= 11 is 0. The Balaban J connectivity index is -0.000000399. The Labute approximate surface area is 134 Å². The zero-order valence-electron chi connectivity index (χ0n) is 16.0. The van der Waals surface area contributed by atoms with Crippen LogP contribution in [-0.2, 0) is 6.42 Å². The second kappa shape index (κ2) is 19.1. The van der Waals surface area contributed by atoms with E-state index >= 15 is 0 Å². The van der Waals surface area contributed by atoms with E-state index in [1.807, 2.05) is 52.8 Å². The van der Waals surface area contributed by atoms with Gasteiger partial charge in [-0.3, -0.25) is 0 Å². The van der Waals surface area contributed by atoms with Gasteiger partial charge in [-0.2, -0.15) is 0 Å². The molecule has 0 amide bonds. The van der Waals surface area contributed by atoms with Gasteiger partial charge in [-0.15, -0.1) is 0 Å². The molecule has 0 fully saturated rings. The molecule has 21 heavy (non-hydrogen) atoms. The van der Waals surface area contributed by atoms with Gasteiger partial charge in [0.15, 0.2) is 0 Å². The van der Waals surface area contributed by atoms with Gasteiger partial charge in [-0.05, 0) is 30.4 Å². The van der Waals surface area contributed by atoms with Crippen molar-refractivity contribution in [2.45, 2.75) is 88.0 Å². The van der Waals surface area contributed by atoms with Crippen molar-refractivity contribution in [2.24, 2.45) is 5.92 Å². The number of rotatable bonds is 4. The molecule has 0 nitrogen and oxygen atoms in total. The number of hydrogen-bond donors (Lipinski definition) is 0. The molecule has 0 N–H and O–H groups in total. The Morgan fingerprint density at radius 2 is 1.33 bits per heavy atom. The summed E-state index contributed by atoms with van der Waals surface area (Å²) in [5.74, 6) is 0.602. The van der Waals surface area contributed by atoms with Gasteiger partial charge in [-0.25, -0.2) is 4.39 Å². The predicted molar refractivity (Wildman–Crippen MR) is 97.6 cm³/mol. The lowest BCUT2D eigenvalue weighted by molar-refractivity contribution is 0.475. The molecule has 0 heterocycles. The third-order valence-corrected chi connectivity index (χ3v) is 2.94. The molecule has 0 unspecified atom stereocenters. The Morgan fingerprint density at radius 3 is 1.71 bits per heavy atom. The highest BCUT2D eigenvalue weighted by molar-refractivity contribution is 5.25. The maximum absolute atomic E-state index is 13.6. The minimum Gasteiger partial charge on any atom is -0.206 e. The smallest absolute Gasteiger partial charge is 0.129 e. The van der Waals surface area contributed by atoms with Crippen molar-refractivity contribution in [3.8, 4) is 0 Å². The Hall–Kier alpha value is -0.850. The second-order valence-electron chi connectivity index (χ2n) is 4.64. The molecule has 0 aromatic heterocycles. The summed E-state index contributed by atoms with van der Waals surface area (Å²) in [5.41, 5.74) is 1.63. The van der Waals surface area contributed by atoms with Gasteiger partial charge in [0.2, 0.25) is 0 Å². The van der Waals surface area contributed by atoms with Crippen LogP contribution < -0.4 is 0 Å². The second-order valence-corrected chi connectivity index (χ2v) is 4.64. The molecule has 126 valence electrons. The van der Waals surface area contributed by atoms with E-state index in [9.17, 15) is 4.39 Å². The van der Waals surface area contributed by atoms with Gasteiger partial charge in [0.25, 0.3) is 0 Å². The molecule has 0 saturated heterocycles. The SMILES string of the molecule is CC.CC.CCC.CCC(CC)Cc1cccc(C)c1F. The van der Waals surface area contributed by atoms with Gasteiger partial charge >= 0.3 is 0 Å². The third-order valence-electron chi connectivity index (χ3n) is 2.94. The monoisotopic (exact) mass is 298 g/mol. The average molecular weight is 299 g/mol. The Bertz CT molecular complexity index is 301. The summed E-state index contributed by atoms with van der Waals surface area (Å²) in [6.07, 6.45) is 4.38. The van der Waals surface area contributed by atoms with Gasteiger partial charge in [0, 0.05) is 0 Å². The summed E-state index contributed by atoms with van der Waals surface area (Å²) in [6.45, 7) is 18.4. The molecule has 1 rings (SSSR count). The first kappa shape index (κ1) is 25.1. The van der Waals surface area contributed by atoms with E-state index in [0.29, 0.717) is 5.92 Å². The van der Waals surface area contributed by atoms with Crippen LogP contribution >= 0.6 is 0 Å². The number of halogens is 1. The highest BCUT2D eigenvalue weighted by Crippen LogP contribution is 2.19. The molecule has 0 aliphatic rings. The van der Waals surface area contributed by atoms with Crippen molar-refractivity contribution >= 4 is 0 Å². The molecule has 0 radical (unpaired) electrons. The van der Waals surface area contributed by atoms with Crippen LogP contribution in [0.4, 0.5) is 4.39 Å². The molecule has 1 aromatic rings. The fourth-order valence-electron chi connectivity index (χ4n) is 1.75. The fraction of sp³-hybridized carbons (Fsp3) is 0.700. The van der Waals surface area contributed by atoms with E-state index in [2.05, 4.69) is 27.7 Å². The minimum atomic E-state index is -0.0144. The van der Waals surface area contributed by atoms with E-state index < -0.39 is 0 Å². The first-order valence-corrected chi connectivity index (χ1v) is 8.84. The molecule has 1 heteroatoms. The summed E-state index contributed by atoms with van der Waals surface area (Å²) in [5, 5.41) is 0. The number of aryl methyl sites for hydroxylation is 1. The number of hydrogen-bond acceptors (Lipinski definition) is 0. The summed E-state index contributed by atoms with van der Waals surface area (Å²) in [6, 6.07) is 5.67. The van der Waals surface area contributed by atoms with Crippen LogP contribution in [-0.4, -0.2) is 0 Å². The molecule has 0 saturated carbocycles. The van der Waals surface area contributed by atoms with Crippen LogP contribution in [0.2, 0.25) is 0 Å². The molecule has 0 aliphatic heterocycles. The molecule has 0 spiro atoms. The summed E-state index contributed by atoms with van der Waals surface area (Å²) < 4.78 is 13.6. The topological polar surface area (TPSA) is 0 Å². The van der Waals surface area contributed by atoms with Gasteiger partial charge < -0.3 is 0 Å². The van der Waals surface area contributed by atoms with Crippen LogP contribution in [0.25, 0.3) is 0 Å². The zero-order valence-corrected chi connectivity index (χ0v) is 16.0. The van der Waals surface area contributed by atoms with E-state index in [-0.39, 0.29) is 5.82 Å². The number of benzene rings is 1. The molecule has 0 bridgehead atoms. The fourth-order valence-corrected chi connectivity index (χ4v) is 1.75. The highest BCUT2D eigenvalue weighted by Gasteiger charge is 2.09. The Morgan fingerprint density at radius 1 is 0.905 bits per heavy atom.